The molecule has 0 atom stereocenters. The summed E-state index contributed by atoms with van der Waals surface area (Å²) in [6.45, 7) is 1.98. The van der Waals surface area contributed by atoms with E-state index in [0.717, 1.165) is 5.56 Å². The molecule has 0 fully saturated rings. The highest BCUT2D eigenvalue weighted by atomic mass is 19.1. The number of nitrogens with one attached hydrogen (secondary N) is 2. The molecule has 20 heavy (non-hydrogen) atoms. The molecule has 104 valence electrons. The van der Waals surface area contributed by atoms with E-state index in [9.17, 15) is 9.18 Å². The van der Waals surface area contributed by atoms with E-state index in [2.05, 4.69) is 10.6 Å². The molecule has 0 aromatic heterocycles. The van der Waals surface area contributed by atoms with Gasteiger partial charge >= 0.3 is 6.03 Å². The Bertz CT molecular complexity index is 611. The number of benzene rings is 2. The highest BCUT2D eigenvalue weighted by molar-refractivity contribution is 6.00. The summed E-state index contributed by atoms with van der Waals surface area (Å²) in [7, 11) is 0. The molecule has 0 aliphatic rings. The molecule has 0 saturated carbocycles. The van der Waals surface area contributed by atoms with Crippen LogP contribution in [-0.2, 0) is 6.54 Å². The van der Waals surface area contributed by atoms with Crippen LogP contribution in [0.2, 0.25) is 0 Å². The normalized spacial score (nSPS) is 10.2. The molecule has 0 bridgehead atoms. The van der Waals surface area contributed by atoms with E-state index in [-0.39, 0.29) is 12.1 Å². The second kappa shape index (κ2) is 6.16. The number of anilines is 2. The Kier molecular flexibility index (Phi) is 4.32. The largest absolute Gasteiger partial charge is 0.326 e. The molecular weight excluding hydrogens is 257 g/mol. The minimum atomic E-state index is -0.436. The summed E-state index contributed by atoms with van der Waals surface area (Å²) in [6.07, 6.45) is 0. The number of amides is 2. The molecule has 5 heteroatoms. The first-order chi connectivity index (χ1) is 9.60. The maximum atomic E-state index is 13.5. The fourth-order valence-corrected chi connectivity index (χ4v) is 1.80. The molecular formula is C15H16FN3O. The van der Waals surface area contributed by atoms with Gasteiger partial charge in [-0.05, 0) is 31.2 Å². The van der Waals surface area contributed by atoms with Crippen molar-refractivity contribution in [2.24, 2.45) is 5.73 Å². The summed E-state index contributed by atoms with van der Waals surface area (Å²) in [4.78, 5) is 11.9. The van der Waals surface area contributed by atoms with Crippen LogP contribution in [0.25, 0.3) is 0 Å². The van der Waals surface area contributed by atoms with Crippen LogP contribution in [0.15, 0.2) is 42.5 Å². The lowest BCUT2D eigenvalue weighted by molar-refractivity contribution is 0.262. The highest BCUT2D eigenvalue weighted by Crippen LogP contribution is 2.18. The molecule has 2 aromatic rings. The molecule has 0 aliphatic heterocycles. The first kappa shape index (κ1) is 14.0. The molecule has 0 aliphatic carbocycles. The summed E-state index contributed by atoms with van der Waals surface area (Å²) in [6, 6.07) is 11.4. The number of urea groups is 1. The summed E-state index contributed by atoms with van der Waals surface area (Å²) >= 11 is 0. The molecule has 0 radical (unpaired) electrons. The van der Waals surface area contributed by atoms with Gasteiger partial charge in [0.25, 0.3) is 0 Å². The zero-order valence-electron chi connectivity index (χ0n) is 11.1. The quantitative estimate of drug-likeness (QED) is 0.803. The van der Waals surface area contributed by atoms with Gasteiger partial charge in [-0.2, -0.15) is 0 Å². The zero-order chi connectivity index (χ0) is 14.5. The highest BCUT2D eigenvalue weighted by Gasteiger charge is 2.09. The zero-order valence-corrected chi connectivity index (χ0v) is 11.1. The van der Waals surface area contributed by atoms with Crippen LogP contribution in [0.1, 0.15) is 11.1 Å². The number of aryl methyl sites for hydroxylation is 1. The smallest absolute Gasteiger partial charge is 0.323 e. The van der Waals surface area contributed by atoms with Gasteiger partial charge in [0.1, 0.15) is 5.82 Å². The van der Waals surface area contributed by atoms with Crippen molar-refractivity contribution in [3.8, 4) is 0 Å². The van der Waals surface area contributed by atoms with E-state index in [1.165, 1.54) is 12.1 Å². The maximum Gasteiger partial charge on any atom is 0.323 e. The molecule has 4 N–H and O–H groups in total. The molecule has 0 unspecified atom stereocenters. The van der Waals surface area contributed by atoms with Crippen LogP contribution in [-0.4, -0.2) is 6.03 Å². The van der Waals surface area contributed by atoms with Crippen LogP contribution in [0.5, 0.6) is 0 Å². The van der Waals surface area contributed by atoms with Gasteiger partial charge in [-0.1, -0.05) is 23.8 Å². The van der Waals surface area contributed by atoms with Gasteiger partial charge in [0.2, 0.25) is 0 Å². The Labute approximate surface area is 116 Å². The van der Waals surface area contributed by atoms with Gasteiger partial charge < -0.3 is 16.4 Å². The van der Waals surface area contributed by atoms with Crippen molar-refractivity contribution in [1.29, 1.82) is 0 Å². The van der Waals surface area contributed by atoms with Gasteiger partial charge in [-0.3, -0.25) is 0 Å². The van der Waals surface area contributed by atoms with Crippen molar-refractivity contribution in [1.82, 2.24) is 0 Å². The number of hydrogen-bond acceptors (Lipinski definition) is 2. The Hall–Kier alpha value is -2.40. The minimum Gasteiger partial charge on any atom is -0.326 e. The van der Waals surface area contributed by atoms with Crippen molar-refractivity contribution in [2.75, 3.05) is 10.6 Å². The molecule has 2 amide bonds. The second-order valence-corrected chi connectivity index (χ2v) is 4.42. The average Bonchev–Trinajstić information content (AvgIpc) is 2.42. The van der Waals surface area contributed by atoms with Crippen molar-refractivity contribution >= 4 is 17.4 Å². The number of carbonyl (C=O) groups is 1. The lowest BCUT2D eigenvalue weighted by Crippen LogP contribution is -2.21. The second-order valence-electron chi connectivity index (χ2n) is 4.42. The van der Waals surface area contributed by atoms with E-state index in [4.69, 9.17) is 5.73 Å². The Morgan fingerprint density at radius 2 is 1.85 bits per heavy atom. The SMILES string of the molecule is Cc1ccc(NC(=O)Nc2cccc(F)c2CN)cc1. The van der Waals surface area contributed by atoms with Crippen LogP contribution in [0.3, 0.4) is 0 Å². The maximum absolute atomic E-state index is 13.5. The first-order valence-electron chi connectivity index (χ1n) is 6.22. The van der Waals surface area contributed by atoms with Crippen molar-refractivity contribution in [2.45, 2.75) is 13.5 Å². The predicted octanol–water partition coefficient (Wildman–Crippen LogP) is 3.24. The Morgan fingerprint density at radius 3 is 2.50 bits per heavy atom. The number of carbonyl (C=O) groups excluding carboxylic acids is 1. The van der Waals surface area contributed by atoms with Crippen molar-refractivity contribution < 1.29 is 9.18 Å². The van der Waals surface area contributed by atoms with Gasteiger partial charge in [0.05, 0.1) is 0 Å². The molecule has 0 heterocycles. The number of rotatable bonds is 3. The first-order valence-corrected chi connectivity index (χ1v) is 6.22. The molecule has 0 spiro atoms. The van der Waals surface area contributed by atoms with Crippen LogP contribution in [0.4, 0.5) is 20.6 Å². The van der Waals surface area contributed by atoms with Crippen molar-refractivity contribution in [3.63, 3.8) is 0 Å². The molecule has 0 saturated heterocycles. The Morgan fingerprint density at radius 1 is 1.15 bits per heavy atom. The van der Waals surface area contributed by atoms with Crippen LogP contribution < -0.4 is 16.4 Å². The number of nitrogens with two attached hydrogens (primary N) is 1. The number of halogens is 1. The summed E-state index contributed by atoms with van der Waals surface area (Å²) < 4.78 is 13.5. The lowest BCUT2D eigenvalue weighted by Gasteiger charge is -2.11. The van der Waals surface area contributed by atoms with Gasteiger partial charge in [0, 0.05) is 23.5 Å². The van der Waals surface area contributed by atoms with Crippen LogP contribution in [0, 0.1) is 12.7 Å². The van der Waals surface area contributed by atoms with Gasteiger partial charge in [-0.25, -0.2) is 9.18 Å². The topological polar surface area (TPSA) is 67.2 Å². The van der Waals surface area contributed by atoms with E-state index in [1.807, 2.05) is 19.1 Å². The van der Waals surface area contributed by atoms with Crippen molar-refractivity contribution in [3.05, 3.63) is 59.4 Å². The average molecular weight is 273 g/mol. The van der Waals surface area contributed by atoms with Crippen LogP contribution >= 0.6 is 0 Å². The monoisotopic (exact) mass is 273 g/mol. The van der Waals surface area contributed by atoms with Gasteiger partial charge in [-0.15, -0.1) is 0 Å². The van der Waals surface area contributed by atoms with E-state index < -0.39 is 11.8 Å². The third kappa shape index (κ3) is 3.33. The summed E-state index contributed by atoms with van der Waals surface area (Å²) in [5.41, 5.74) is 7.91. The summed E-state index contributed by atoms with van der Waals surface area (Å²) in [5.74, 6) is -0.430. The lowest BCUT2D eigenvalue weighted by atomic mass is 10.1. The molecule has 2 aromatic carbocycles. The third-order valence-electron chi connectivity index (χ3n) is 2.88. The van der Waals surface area contributed by atoms with E-state index >= 15 is 0 Å². The minimum absolute atomic E-state index is 0.0207. The third-order valence-corrected chi connectivity index (χ3v) is 2.88. The number of hydrogen-bond donors (Lipinski definition) is 3. The fraction of sp³-hybridized carbons (Fsp3) is 0.133. The fourth-order valence-electron chi connectivity index (χ4n) is 1.80. The summed E-state index contributed by atoms with van der Waals surface area (Å²) in [5, 5.41) is 5.27. The molecule has 4 nitrogen and oxygen atoms in total. The van der Waals surface area contributed by atoms with E-state index in [1.54, 1.807) is 18.2 Å². The standard InChI is InChI=1S/C15H16FN3O/c1-10-5-7-11(8-6-10)18-15(20)19-14-4-2-3-13(16)12(14)9-17/h2-8H,9,17H2,1H3,(H2,18,19,20). The van der Waals surface area contributed by atoms with E-state index in [0.29, 0.717) is 11.4 Å². The Balaban J connectivity index is 2.08. The molecule has 2 rings (SSSR count). The van der Waals surface area contributed by atoms with Gasteiger partial charge in [0.15, 0.2) is 0 Å². The predicted molar refractivity (Wildman–Crippen MR) is 78.1 cm³/mol.